The van der Waals surface area contributed by atoms with Crippen LogP contribution < -0.4 is 5.32 Å². The number of rotatable bonds is 7. The molecule has 0 spiro atoms. The average molecular weight is 386 g/mol. The molecule has 1 aliphatic heterocycles. The molecule has 7 heteroatoms. The predicted molar refractivity (Wildman–Crippen MR) is 109 cm³/mol. The maximum atomic E-state index is 12.3. The van der Waals surface area contributed by atoms with Crippen molar-refractivity contribution in [2.75, 3.05) is 32.7 Å². The molecule has 1 unspecified atom stereocenters. The summed E-state index contributed by atoms with van der Waals surface area (Å²) in [4.78, 5) is 21.3. The number of hydrogen-bond donors (Lipinski definition) is 1. The van der Waals surface area contributed by atoms with E-state index in [1.807, 2.05) is 31.2 Å². The van der Waals surface area contributed by atoms with E-state index in [0.29, 0.717) is 24.2 Å². The van der Waals surface area contributed by atoms with Crippen molar-refractivity contribution < 1.29 is 9.32 Å². The normalized spacial score (nSPS) is 17.0. The van der Waals surface area contributed by atoms with Gasteiger partial charge < -0.3 is 9.84 Å². The van der Waals surface area contributed by atoms with Gasteiger partial charge in [-0.05, 0) is 19.8 Å². The third-order valence-electron chi connectivity index (χ3n) is 5.16. The SMILES string of the molecule is Cc1ccc(-c2noc(CN3CCN(C(C)C(=O)NCC(C)C)CC3)n2)cc1. The van der Waals surface area contributed by atoms with Crippen LogP contribution in [-0.4, -0.2) is 64.6 Å². The second-order valence-electron chi connectivity index (χ2n) is 8.00. The first-order chi connectivity index (χ1) is 13.4. The van der Waals surface area contributed by atoms with Gasteiger partial charge in [-0.2, -0.15) is 4.98 Å². The molecule has 0 radical (unpaired) electrons. The molecule has 1 aromatic carbocycles. The largest absolute Gasteiger partial charge is 0.354 e. The molecule has 1 N–H and O–H groups in total. The minimum Gasteiger partial charge on any atom is -0.354 e. The number of amides is 1. The first kappa shape index (κ1) is 20.5. The van der Waals surface area contributed by atoms with Crippen LogP contribution >= 0.6 is 0 Å². The molecule has 1 amide bonds. The molecule has 0 saturated carbocycles. The van der Waals surface area contributed by atoms with Crippen molar-refractivity contribution >= 4 is 5.91 Å². The minimum absolute atomic E-state index is 0.0996. The Bertz CT molecular complexity index is 763. The zero-order chi connectivity index (χ0) is 20.1. The van der Waals surface area contributed by atoms with Crippen molar-refractivity contribution in [3.8, 4) is 11.4 Å². The van der Waals surface area contributed by atoms with E-state index in [0.717, 1.165) is 38.3 Å². The van der Waals surface area contributed by atoms with E-state index < -0.39 is 0 Å². The summed E-state index contributed by atoms with van der Waals surface area (Å²) < 4.78 is 5.44. The average Bonchev–Trinajstić information content (AvgIpc) is 3.15. The number of aryl methyl sites for hydroxylation is 1. The second kappa shape index (κ2) is 9.30. The minimum atomic E-state index is -0.0996. The third-order valence-corrected chi connectivity index (χ3v) is 5.16. The molecule has 2 heterocycles. The van der Waals surface area contributed by atoms with Crippen LogP contribution in [0.2, 0.25) is 0 Å². The number of carbonyl (C=O) groups excluding carboxylic acids is 1. The van der Waals surface area contributed by atoms with Gasteiger partial charge in [0.2, 0.25) is 17.6 Å². The smallest absolute Gasteiger partial charge is 0.241 e. The third kappa shape index (κ3) is 5.39. The van der Waals surface area contributed by atoms with Crippen molar-refractivity contribution in [1.82, 2.24) is 25.3 Å². The Labute approximate surface area is 167 Å². The fraction of sp³-hybridized carbons (Fsp3) is 0.571. The highest BCUT2D eigenvalue weighted by Gasteiger charge is 2.26. The zero-order valence-corrected chi connectivity index (χ0v) is 17.3. The Morgan fingerprint density at radius 2 is 1.82 bits per heavy atom. The molecule has 152 valence electrons. The number of carbonyl (C=O) groups is 1. The summed E-state index contributed by atoms with van der Waals surface area (Å²) in [6.45, 7) is 13.1. The Kier molecular flexibility index (Phi) is 6.80. The maximum absolute atomic E-state index is 12.3. The van der Waals surface area contributed by atoms with E-state index in [1.165, 1.54) is 5.56 Å². The summed E-state index contributed by atoms with van der Waals surface area (Å²) in [5.74, 6) is 1.84. The van der Waals surface area contributed by atoms with Crippen LogP contribution in [0.4, 0.5) is 0 Å². The molecule has 1 saturated heterocycles. The standard InChI is InChI=1S/C21H31N5O2/c1-15(2)13-22-21(27)17(4)26-11-9-25(10-12-26)14-19-23-20(24-28-19)18-7-5-16(3)6-8-18/h5-8,15,17H,9-14H2,1-4H3,(H,22,27). The van der Waals surface area contributed by atoms with Gasteiger partial charge in [0, 0.05) is 38.3 Å². The van der Waals surface area contributed by atoms with E-state index in [9.17, 15) is 4.79 Å². The highest BCUT2D eigenvalue weighted by Crippen LogP contribution is 2.17. The van der Waals surface area contributed by atoms with Crippen molar-refractivity contribution in [3.05, 3.63) is 35.7 Å². The Morgan fingerprint density at radius 1 is 1.14 bits per heavy atom. The highest BCUT2D eigenvalue weighted by molar-refractivity contribution is 5.81. The Hall–Kier alpha value is -2.25. The summed E-state index contributed by atoms with van der Waals surface area (Å²) in [5, 5.41) is 7.13. The molecule has 2 aromatic rings. The molecule has 1 aromatic heterocycles. The molecule has 0 aliphatic carbocycles. The van der Waals surface area contributed by atoms with Crippen LogP contribution in [0, 0.1) is 12.8 Å². The molecule has 28 heavy (non-hydrogen) atoms. The molecule has 3 rings (SSSR count). The summed E-state index contributed by atoms with van der Waals surface area (Å²) >= 11 is 0. The van der Waals surface area contributed by atoms with Gasteiger partial charge in [0.25, 0.3) is 0 Å². The maximum Gasteiger partial charge on any atom is 0.241 e. The van der Waals surface area contributed by atoms with Gasteiger partial charge in [-0.15, -0.1) is 0 Å². The van der Waals surface area contributed by atoms with E-state index in [-0.39, 0.29) is 11.9 Å². The topological polar surface area (TPSA) is 74.5 Å². The van der Waals surface area contributed by atoms with Gasteiger partial charge in [-0.1, -0.05) is 48.8 Å². The van der Waals surface area contributed by atoms with E-state index in [4.69, 9.17) is 4.52 Å². The molecule has 0 bridgehead atoms. The van der Waals surface area contributed by atoms with Crippen LogP contribution in [0.15, 0.2) is 28.8 Å². The number of hydrogen-bond acceptors (Lipinski definition) is 6. The molecule has 1 atom stereocenters. The Balaban J connectivity index is 1.48. The van der Waals surface area contributed by atoms with Crippen molar-refractivity contribution in [2.45, 2.75) is 40.3 Å². The fourth-order valence-electron chi connectivity index (χ4n) is 3.26. The van der Waals surface area contributed by atoms with Gasteiger partial charge in [0.05, 0.1) is 12.6 Å². The summed E-state index contributed by atoms with van der Waals surface area (Å²) in [6, 6.07) is 8.01. The highest BCUT2D eigenvalue weighted by atomic mass is 16.5. The van der Waals surface area contributed by atoms with Gasteiger partial charge in [-0.3, -0.25) is 14.6 Å². The Morgan fingerprint density at radius 3 is 2.46 bits per heavy atom. The van der Waals surface area contributed by atoms with Gasteiger partial charge in [0.15, 0.2) is 0 Å². The molecular formula is C21H31N5O2. The number of benzene rings is 1. The van der Waals surface area contributed by atoms with Crippen LogP contribution in [0.3, 0.4) is 0 Å². The van der Waals surface area contributed by atoms with Crippen molar-refractivity contribution in [2.24, 2.45) is 5.92 Å². The molecule has 1 aliphatic rings. The van der Waals surface area contributed by atoms with Crippen LogP contribution in [0.25, 0.3) is 11.4 Å². The number of aromatic nitrogens is 2. The number of nitrogens with one attached hydrogen (secondary N) is 1. The van der Waals surface area contributed by atoms with Crippen LogP contribution in [0.1, 0.15) is 32.2 Å². The van der Waals surface area contributed by atoms with E-state index in [2.05, 4.69) is 46.0 Å². The molecular weight excluding hydrogens is 354 g/mol. The lowest BCUT2D eigenvalue weighted by Crippen LogP contribution is -2.53. The number of piperazine rings is 1. The predicted octanol–water partition coefficient (Wildman–Crippen LogP) is 2.32. The number of nitrogens with zero attached hydrogens (tertiary/aromatic N) is 4. The van der Waals surface area contributed by atoms with Gasteiger partial charge in [-0.25, -0.2) is 0 Å². The van der Waals surface area contributed by atoms with Gasteiger partial charge >= 0.3 is 0 Å². The van der Waals surface area contributed by atoms with Crippen molar-refractivity contribution in [3.63, 3.8) is 0 Å². The van der Waals surface area contributed by atoms with Gasteiger partial charge in [0.1, 0.15) is 0 Å². The van der Waals surface area contributed by atoms with Crippen LogP contribution in [-0.2, 0) is 11.3 Å². The first-order valence-corrected chi connectivity index (χ1v) is 10.1. The lowest BCUT2D eigenvalue weighted by molar-refractivity contribution is -0.126. The molecule has 7 nitrogen and oxygen atoms in total. The zero-order valence-electron chi connectivity index (χ0n) is 17.3. The second-order valence-corrected chi connectivity index (χ2v) is 8.00. The molecule has 1 fully saturated rings. The summed E-state index contributed by atoms with van der Waals surface area (Å²) in [7, 11) is 0. The van der Waals surface area contributed by atoms with E-state index >= 15 is 0 Å². The van der Waals surface area contributed by atoms with Crippen molar-refractivity contribution in [1.29, 1.82) is 0 Å². The summed E-state index contributed by atoms with van der Waals surface area (Å²) in [6.07, 6.45) is 0. The lowest BCUT2D eigenvalue weighted by Gasteiger charge is -2.36. The van der Waals surface area contributed by atoms with E-state index in [1.54, 1.807) is 0 Å². The van der Waals surface area contributed by atoms with Crippen LogP contribution in [0.5, 0.6) is 0 Å². The monoisotopic (exact) mass is 385 g/mol. The first-order valence-electron chi connectivity index (χ1n) is 10.1. The quantitative estimate of drug-likeness (QED) is 0.788. The lowest BCUT2D eigenvalue weighted by atomic mass is 10.1. The summed E-state index contributed by atoms with van der Waals surface area (Å²) in [5.41, 5.74) is 2.17. The fourth-order valence-corrected chi connectivity index (χ4v) is 3.26.